The SMILES string of the molecule is CN1CCN=C1c1cccc(OC2=NCCC(Oc3cc(C#N)ccc3C(N)=O)=N2)c1. The summed E-state index contributed by atoms with van der Waals surface area (Å²) in [7, 11) is 2.00. The lowest BCUT2D eigenvalue weighted by atomic mass is 10.1. The zero-order chi connectivity index (χ0) is 21.8. The maximum atomic E-state index is 11.7. The van der Waals surface area contributed by atoms with Crippen molar-refractivity contribution >= 4 is 23.7 Å². The van der Waals surface area contributed by atoms with Gasteiger partial charge in [-0.2, -0.15) is 10.3 Å². The highest BCUT2D eigenvalue weighted by Gasteiger charge is 2.18. The predicted molar refractivity (Wildman–Crippen MR) is 116 cm³/mol. The summed E-state index contributed by atoms with van der Waals surface area (Å²) >= 11 is 0. The fourth-order valence-corrected chi connectivity index (χ4v) is 3.23. The number of nitrogens with zero attached hydrogens (tertiary/aromatic N) is 5. The molecule has 0 aromatic heterocycles. The van der Waals surface area contributed by atoms with Crippen LogP contribution in [-0.4, -0.2) is 55.2 Å². The summed E-state index contributed by atoms with van der Waals surface area (Å²) in [5, 5.41) is 9.12. The molecule has 156 valence electrons. The fraction of sp³-hybridized carbons (Fsp3) is 0.227. The van der Waals surface area contributed by atoms with E-state index in [1.807, 2.05) is 37.4 Å². The number of amidine groups is 2. The molecule has 2 aliphatic rings. The van der Waals surface area contributed by atoms with E-state index in [1.54, 1.807) is 0 Å². The first-order chi connectivity index (χ1) is 15.0. The molecule has 0 atom stereocenters. The molecule has 1 amide bonds. The van der Waals surface area contributed by atoms with Crippen LogP contribution in [0.4, 0.5) is 0 Å². The van der Waals surface area contributed by atoms with Gasteiger partial charge in [-0.05, 0) is 30.3 Å². The smallest absolute Gasteiger partial charge is 0.320 e. The molecule has 31 heavy (non-hydrogen) atoms. The second-order valence-electron chi connectivity index (χ2n) is 6.97. The molecule has 0 radical (unpaired) electrons. The van der Waals surface area contributed by atoms with Crippen LogP contribution in [0.2, 0.25) is 0 Å². The second kappa shape index (κ2) is 8.67. The van der Waals surface area contributed by atoms with E-state index < -0.39 is 5.91 Å². The number of hydrogen-bond donors (Lipinski definition) is 1. The van der Waals surface area contributed by atoms with Crippen LogP contribution in [0.15, 0.2) is 57.4 Å². The monoisotopic (exact) mass is 416 g/mol. The van der Waals surface area contributed by atoms with Crippen molar-refractivity contribution < 1.29 is 14.3 Å². The summed E-state index contributed by atoms with van der Waals surface area (Å²) in [6.07, 6.45) is 0.420. The van der Waals surface area contributed by atoms with Gasteiger partial charge >= 0.3 is 6.02 Å². The number of carbonyl (C=O) groups is 1. The topological polar surface area (TPSA) is 126 Å². The standard InChI is InChI=1S/C22H20N6O3/c1-28-10-9-25-21(28)15-3-2-4-16(12-15)30-22-26-8-7-19(27-22)31-18-11-14(13-23)5-6-17(18)20(24)29/h2-6,11-12H,7-10H2,1H3,(H2,24,29). The number of amides is 1. The normalized spacial score (nSPS) is 15.5. The van der Waals surface area contributed by atoms with E-state index >= 15 is 0 Å². The summed E-state index contributed by atoms with van der Waals surface area (Å²) in [5.74, 6) is 1.33. The van der Waals surface area contributed by atoms with Crippen molar-refractivity contribution in [3.63, 3.8) is 0 Å². The lowest BCUT2D eigenvalue weighted by Crippen LogP contribution is -2.24. The minimum absolute atomic E-state index is 0.150. The Morgan fingerprint density at radius 3 is 2.77 bits per heavy atom. The lowest BCUT2D eigenvalue weighted by Gasteiger charge is -2.16. The third-order valence-corrected chi connectivity index (χ3v) is 4.76. The highest BCUT2D eigenvalue weighted by molar-refractivity contribution is 6.00. The van der Waals surface area contributed by atoms with Crippen molar-refractivity contribution in [3.8, 4) is 17.6 Å². The first-order valence-electron chi connectivity index (χ1n) is 9.71. The Balaban J connectivity index is 1.53. The van der Waals surface area contributed by atoms with Crippen LogP contribution < -0.4 is 15.2 Å². The van der Waals surface area contributed by atoms with Crippen molar-refractivity contribution in [3.05, 3.63) is 59.2 Å². The molecule has 0 saturated carbocycles. The second-order valence-corrected chi connectivity index (χ2v) is 6.97. The van der Waals surface area contributed by atoms with E-state index in [4.69, 9.17) is 20.5 Å². The molecule has 9 nitrogen and oxygen atoms in total. The first-order valence-corrected chi connectivity index (χ1v) is 9.71. The summed E-state index contributed by atoms with van der Waals surface area (Å²) < 4.78 is 11.6. The van der Waals surface area contributed by atoms with Gasteiger partial charge in [0.15, 0.2) is 0 Å². The Bertz CT molecular complexity index is 1160. The highest BCUT2D eigenvalue weighted by Crippen LogP contribution is 2.22. The lowest BCUT2D eigenvalue weighted by molar-refractivity contribution is 0.0998. The van der Waals surface area contributed by atoms with E-state index in [2.05, 4.69) is 19.9 Å². The zero-order valence-corrected chi connectivity index (χ0v) is 16.9. The molecular weight excluding hydrogens is 396 g/mol. The summed E-state index contributed by atoms with van der Waals surface area (Å²) in [5.41, 5.74) is 6.88. The Kier molecular flexibility index (Phi) is 5.62. The van der Waals surface area contributed by atoms with E-state index in [0.29, 0.717) is 30.2 Å². The highest BCUT2D eigenvalue weighted by atomic mass is 16.5. The molecule has 0 spiro atoms. The van der Waals surface area contributed by atoms with Crippen molar-refractivity contribution in [2.24, 2.45) is 20.7 Å². The molecule has 2 heterocycles. The molecule has 2 aromatic rings. The molecule has 2 aromatic carbocycles. The van der Waals surface area contributed by atoms with Crippen LogP contribution in [0.25, 0.3) is 0 Å². The predicted octanol–water partition coefficient (Wildman–Crippen LogP) is 1.97. The molecule has 0 saturated heterocycles. The van der Waals surface area contributed by atoms with Gasteiger partial charge in [-0.1, -0.05) is 12.1 Å². The Morgan fingerprint density at radius 1 is 1.16 bits per heavy atom. The van der Waals surface area contributed by atoms with E-state index in [-0.39, 0.29) is 17.3 Å². The zero-order valence-electron chi connectivity index (χ0n) is 16.9. The third-order valence-electron chi connectivity index (χ3n) is 4.76. The van der Waals surface area contributed by atoms with Gasteiger partial charge in [0.25, 0.3) is 5.91 Å². The quantitative estimate of drug-likeness (QED) is 0.815. The van der Waals surface area contributed by atoms with Gasteiger partial charge in [0.05, 0.1) is 30.3 Å². The fourth-order valence-electron chi connectivity index (χ4n) is 3.23. The Morgan fingerprint density at radius 2 is 2.03 bits per heavy atom. The van der Waals surface area contributed by atoms with Crippen molar-refractivity contribution in [1.29, 1.82) is 5.26 Å². The average Bonchev–Trinajstić information content (AvgIpc) is 3.20. The third kappa shape index (κ3) is 4.53. The number of likely N-dealkylation sites (N-methyl/N-ethyl adjacent to an activating group) is 1. The van der Waals surface area contributed by atoms with Crippen LogP contribution in [-0.2, 0) is 0 Å². The van der Waals surface area contributed by atoms with Gasteiger partial charge in [0, 0.05) is 25.6 Å². The summed E-state index contributed by atoms with van der Waals surface area (Å²) in [4.78, 5) is 26.9. The number of carbonyl (C=O) groups excluding carboxylic acids is 1. The van der Waals surface area contributed by atoms with Gasteiger partial charge < -0.3 is 20.1 Å². The van der Waals surface area contributed by atoms with Crippen LogP contribution in [0.1, 0.15) is 27.9 Å². The van der Waals surface area contributed by atoms with Crippen molar-refractivity contribution in [1.82, 2.24) is 4.90 Å². The van der Waals surface area contributed by atoms with Crippen LogP contribution in [0.5, 0.6) is 11.5 Å². The maximum absolute atomic E-state index is 11.7. The molecule has 0 bridgehead atoms. The van der Waals surface area contributed by atoms with Gasteiger partial charge in [-0.3, -0.25) is 9.79 Å². The Labute approximate surface area is 179 Å². The largest absolute Gasteiger partial charge is 0.442 e. The van der Waals surface area contributed by atoms with Gasteiger partial charge in [0.1, 0.15) is 17.3 Å². The number of nitrogens with two attached hydrogens (primary N) is 1. The average molecular weight is 416 g/mol. The van der Waals surface area contributed by atoms with Crippen molar-refractivity contribution in [2.45, 2.75) is 6.42 Å². The number of benzene rings is 2. The van der Waals surface area contributed by atoms with Crippen LogP contribution >= 0.6 is 0 Å². The molecule has 2 N–H and O–H groups in total. The number of aliphatic imine (C=N–C) groups is 3. The number of rotatable bonds is 4. The van der Waals surface area contributed by atoms with E-state index in [0.717, 1.165) is 24.5 Å². The summed E-state index contributed by atoms with van der Waals surface area (Å²) in [6.45, 7) is 2.07. The molecule has 9 heteroatoms. The Hall–Kier alpha value is -4.19. The molecule has 4 rings (SSSR count). The number of nitriles is 1. The van der Waals surface area contributed by atoms with Gasteiger partial charge in [-0.15, -0.1) is 0 Å². The van der Waals surface area contributed by atoms with Crippen LogP contribution in [0.3, 0.4) is 0 Å². The molecule has 0 aliphatic carbocycles. The van der Waals surface area contributed by atoms with Gasteiger partial charge in [-0.25, -0.2) is 4.99 Å². The first kappa shape index (κ1) is 20.1. The molecule has 0 unspecified atom stereocenters. The summed E-state index contributed by atoms with van der Waals surface area (Å²) in [6, 6.07) is 14.1. The molecule has 0 fully saturated rings. The minimum Gasteiger partial charge on any atom is -0.442 e. The molecule has 2 aliphatic heterocycles. The maximum Gasteiger partial charge on any atom is 0.320 e. The van der Waals surface area contributed by atoms with Crippen LogP contribution in [0, 0.1) is 11.3 Å². The van der Waals surface area contributed by atoms with Crippen molar-refractivity contribution in [2.75, 3.05) is 26.7 Å². The number of primary amides is 1. The number of hydrogen-bond acceptors (Lipinski definition) is 8. The molecular formula is C22H20N6O3. The number of ether oxygens (including phenoxy) is 2. The van der Waals surface area contributed by atoms with E-state index in [9.17, 15) is 4.79 Å². The van der Waals surface area contributed by atoms with Gasteiger partial charge in [0.2, 0.25) is 5.90 Å². The minimum atomic E-state index is -0.655. The van der Waals surface area contributed by atoms with E-state index in [1.165, 1.54) is 18.2 Å².